The van der Waals surface area contributed by atoms with E-state index < -0.39 is 11.6 Å². The highest BCUT2D eigenvalue weighted by Crippen LogP contribution is 2.35. The van der Waals surface area contributed by atoms with Gasteiger partial charge in [-0.1, -0.05) is 35.9 Å². The van der Waals surface area contributed by atoms with Gasteiger partial charge < -0.3 is 4.90 Å². The van der Waals surface area contributed by atoms with Crippen molar-refractivity contribution in [3.63, 3.8) is 0 Å². The molecule has 7 heteroatoms. The molecule has 1 amide bonds. The molecule has 1 aliphatic rings. The molecule has 0 N–H and O–H groups in total. The second-order valence-electron chi connectivity index (χ2n) is 7.43. The van der Waals surface area contributed by atoms with Gasteiger partial charge in [0, 0.05) is 47.4 Å². The minimum Gasteiger partial charge on any atom is -0.338 e. The quantitative estimate of drug-likeness (QED) is 0.504. The van der Waals surface area contributed by atoms with Gasteiger partial charge in [0.25, 0.3) is 0 Å². The molecule has 1 unspecified atom stereocenters. The number of rotatable bonds is 4. The van der Waals surface area contributed by atoms with Crippen LogP contribution >= 0.6 is 11.6 Å². The van der Waals surface area contributed by atoms with Crippen molar-refractivity contribution in [1.29, 1.82) is 0 Å². The zero-order valence-electron chi connectivity index (χ0n) is 16.6. The maximum Gasteiger partial charge on any atom is 0.246 e. The maximum absolute atomic E-state index is 13.4. The van der Waals surface area contributed by atoms with Crippen LogP contribution in [0.1, 0.15) is 30.0 Å². The van der Waals surface area contributed by atoms with E-state index in [-0.39, 0.29) is 11.8 Å². The number of halogens is 3. The fraction of sp³-hybridized carbons (Fsp3) is 0.208. The first-order valence-electron chi connectivity index (χ1n) is 10.00. The molecule has 1 fully saturated rings. The zero-order chi connectivity index (χ0) is 21.8. The second-order valence-corrected chi connectivity index (χ2v) is 7.84. The van der Waals surface area contributed by atoms with Crippen molar-refractivity contribution in [3.8, 4) is 11.1 Å². The average molecular weight is 440 g/mol. The molecule has 1 aliphatic heterocycles. The minimum absolute atomic E-state index is 0.0450. The molecular formula is C24H20ClF2N3O. The van der Waals surface area contributed by atoms with E-state index in [9.17, 15) is 13.6 Å². The summed E-state index contributed by atoms with van der Waals surface area (Å²) in [5, 5.41) is 0.622. The van der Waals surface area contributed by atoms with Crippen LogP contribution in [0.15, 0.2) is 61.1 Å². The van der Waals surface area contributed by atoms with Crippen molar-refractivity contribution < 1.29 is 13.6 Å². The highest BCUT2D eigenvalue weighted by atomic mass is 35.5. The molecule has 158 valence electrons. The number of hydrogen-bond acceptors (Lipinski definition) is 3. The smallest absolute Gasteiger partial charge is 0.246 e. The Balaban J connectivity index is 1.53. The summed E-state index contributed by atoms with van der Waals surface area (Å²) in [6.45, 7) is 1.14. The van der Waals surface area contributed by atoms with Crippen LogP contribution in [0.2, 0.25) is 5.02 Å². The molecule has 2 aromatic carbocycles. The third-order valence-corrected chi connectivity index (χ3v) is 5.72. The second kappa shape index (κ2) is 9.35. The third-order valence-electron chi connectivity index (χ3n) is 5.39. The Morgan fingerprint density at radius 2 is 1.97 bits per heavy atom. The zero-order valence-corrected chi connectivity index (χ0v) is 17.4. The highest BCUT2D eigenvalue weighted by molar-refractivity contribution is 6.33. The topological polar surface area (TPSA) is 46.1 Å². The van der Waals surface area contributed by atoms with Crippen molar-refractivity contribution in [2.24, 2.45) is 0 Å². The molecule has 0 bridgehead atoms. The number of likely N-dealkylation sites (tertiary alicyclic amines) is 1. The van der Waals surface area contributed by atoms with E-state index in [1.165, 1.54) is 24.5 Å². The molecule has 0 radical (unpaired) electrons. The standard InChI is InChI=1S/C24H20ClF2N3O/c25-20-6-2-1-5-18(20)19-13-28-15-29-24(19)17-4-3-11-30(14-17)23(31)10-8-16-7-9-21(26)22(27)12-16/h1-2,5-10,12-13,15,17H,3-4,11,14H2/b10-8+. The number of piperidine rings is 1. The SMILES string of the molecule is O=C(/C=C/c1ccc(F)c(F)c1)N1CCCC(c2ncncc2-c2ccccc2Cl)C1. The molecule has 31 heavy (non-hydrogen) atoms. The summed E-state index contributed by atoms with van der Waals surface area (Å²) in [6.07, 6.45) is 7.89. The van der Waals surface area contributed by atoms with E-state index in [4.69, 9.17) is 11.6 Å². The lowest BCUT2D eigenvalue weighted by molar-refractivity contribution is -0.127. The number of carbonyl (C=O) groups excluding carboxylic acids is 1. The first kappa shape index (κ1) is 21.1. The Hall–Kier alpha value is -3.12. The molecular weight excluding hydrogens is 420 g/mol. The van der Waals surface area contributed by atoms with Gasteiger partial charge in [-0.3, -0.25) is 4.79 Å². The largest absolute Gasteiger partial charge is 0.338 e. The van der Waals surface area contributed by atoms with E-state index in [0.29, 0.717) is 23.7 Å². The molecule has 2 heterocycles. The Bertz CT molecular complexity index is 1140. The monoisotopic (exact) mass is 439 g/mol. The predicted molar refractivity (Wildman–Crippen MR) is 116 cm³/mol. The molecule has 0 spiro atoms. The maximum atomic E-state index is 13.4. The lowest BCUT2D eigenvalue weighted by Gasteiger charge is -2.32. The fourth-order valence-corrected chi connectivity index (χ4v) is 4.08. The van der Waals surface area contributed by atoms with Gasteiger partial charge in [-0.2, -0.15) is 0 Å². The van der Waals surface area contributed by atoms with Gasteiger partial charge in [0.15, 0.2) is 11.6 Å². The fourth-order valence-electron chi connectivity index (χ4n) is 3.84. The van der Waals surface area contributed by atoms with Crippen LogP contribution in [0.25, 0.3) is 17.2 Å². The van der Waals surface area contributed by atoms with Gasteiger partial charge in [-0.25, -0.2) is 18.7 Å². The van der Waals surface area contributed by atoms with Gasteiger partial charge >= 0.3 is 0 Å². The normalized spacial score (nSPS) is 16.6. The molecule has 4 nitrogen and oxygen atoms in total. The first-order valence-corrected chi connectivity index (χ1v) is 10.4. The lowest BCUT2D eigenvalue weighted by atomic mass is 9.90. The van der Waals surface area contributed by atoms with Crippen LogP contribution in [0, 0.1) is 11.6 Å². The molecule has 1 aromatic heterocycles. The number of nitrogens with zero attached hydrogens (tertiary/aromatic N) is 3. The molecule has 0 aliphatic carbocycles. The summed E-state index contributed by atoms with van der Waals surface area (Å²) in [4.78, 5) is 23.2. The van der Waals surface area contributed by atoms with Crippen molar-refractivity contribution in [3.05, 3.63) is 89.0 Å². The van der Waals surface area contributed by atoms with Crippen LogP contribution in [0.3, 0.4) is 0 Å². The van der Waals surface area contributed by atoms with Crippen molar-refractivity contribution >= 4 is 23.6 Å². The number of aromatic nitrogens is 2. The molecule has 1 atom stereocenters. The van der Waals surface area contributed by atoms with E-state index in [2.05, 4.69) is 9.97 Å². The molecule has 4 rings (SSSR count). The van der Waals surface area contributed by atoms with Crippen LogP contribution in [0.5, 0.6) is 0 Å². The van der Waals surface area contributed by atoms with Crippen molar-refractivity contribution in [2.45, 2.75) is 18.8 Å². The van der Waals surface area contributed by atoms with Crippen LogP contribution < -0.4 is 0 Å². The Kier molecular flexibility index (Phi) is 6.37. The first-order chi connectivity index (χ1) is 15.0. The number of benzene rings is 2. The summed E-state index contributed by atoms with van der Waals surface area (Å²) in [5.41, 5.74) is 3.02. The van der Waals surface area contributed by atoms with Gasteiger partial charge in [0.2, 0.25) is 5.91 Å². The lowest BCUT2D eigenvalue weighted by Crippen LogP contribution is -2.38. The summed E-state index contributed by atoms with van der Waals surface area (Å²) in [5.74, 6) is -1.99. The van der Waals surface area contributed by atoms with Crippen LogP contribution in [-0.2, 0) is 4.79 Å². The molecule has 0 saturated carbocycles. The molecule has 3 aromatic rings. The summed E-state index contributed by atoms with van der Waals surface area (Å²) in [6, 6.07) is 11.1. The van der Waals surface area contributed by atoms with E-state index in [1.54, 1.807) is 11.1 Å². The number of carbonyl (C=O) groups is 1. The minimum atomic E-state index is -0.941. The van der Waals surface area contributed by atoms with Crippen LogP contribution in [-0.4, -0.2) is 33.9 Å². The van der Waals surface area contributed by atoms with Gasteiger partial charge in [-0.05, 0) is 42.7 Å². The third kappa shape index (κ3) is 4.80. The number of hydrogen-bond donors (Lipinski definition) is 0. The van der Waals surface area contributed by atoms with Gasteiger partial charge in [0.1, 0.15) is 6.33 Å². The van der Waals surface area contributed by atoms with Gasteiger partial charge in [0.05, 0.1) is 5.69 Å². The van der Waals surface area contributed by atoms with E-state index in [1.807, 2.05) is 24.3 Å². The Morgan fingerprint density at radius 1 is 1.13 bits per heavy atom. The predicted octanol–water partition coefficient (Wildman–Crippen LogP) is 5.49. The van der Waals surface area contributed by atoms with Crippen LogP contribution in [0.4, 0.5) is 8.78 Å². The summed E-state index contributed by atoms with van der Waals surface area (Å²) >= 11 is 6.39. The Morgan fingerprint density at radius 3 is 2.77 bits per heavy atom. The van der Waals surface area contributed by atoms with Crippen molar-refractivity contribution in [2.75, 3.05) is 13.1 Å². The van der Waals surface area contributed by atoms with E-state index >= 15 is 0 Å². The summed E-state index contributed by atoms with van der Waals surface area (Å²) in [7, 11) is 0. The van der Waals surface area contributed by atoms with Crippen molar-refractivity contribution in [1.82, 2.24) is 14.9 Å². The summed E-state index contributed by atoms with van der Waals surface area (Å²) < 4.78 is 26.5. The van der Waals surface area contributed by atoms with Gasteiger partial charge in [-0.15, -0.1) is 0 Å². The average Bonchev–Trinajstić information content (AvgIpc) is 2.80. The number of amides is 1. The molecule has 1 saturated heterocycles. The highest BCUT2D eigenvalue weighted by Gasteiger charge is 2.27. The Labute approximate surface area is 184 Å². The van der Waals surface area contributed by atoms with E-state index in [0.717, 1.165) is 41.8 Å².